The molecule has 0 aliphatic heterocycles. The predicted molar refractivity (Wildman–Crippen MR) is 72.8 cm³/mol. The van der Waals surface area contributed by atoms with Crippen LogP contribution in [0.15, 0.2) is 54.6 Å². The van der Waals surface area contributed by atoms with Crippen LogP contribution in [0.3, 0.4) is 0 Å². The second-order valence-electron chi connectivity index (χ2n) is 4.03. The molecule has 0 saturated heterocycles. The molecule has 2 aromatic carbocycles. The summed E-state index contributed by atoms with van der Waals surface area (Å²) < 4.78 is 11.0. The van der Waals surface area contributed by atoms with Gasteiger partial charge < -0.3 is 9.47 Å². The first kappa shape index (κ1) is 13.1. The third kappa shape index (κ3) is 4.46. The van der Waals surface area contributed by atoms with Gasteiger partial charge in [0.25, 0.3) is 0 Å². The van der Waals surface area contributed by atoms with Gasteiger partial charge in [-0.15, -0.1) is 0 Å². The van der Waals surface area contributed by atoms with Crippen molar-refractivity contribution in [3.05, 3.63) is 65.7 Å². The van der Waals surface area contributed by atoms with Gasteiger partial charge in [0, 0.05) is 0 Å². The molecular formula is C16H15NO2. The standard InChI is InChI=1S/C16H15NO2/c17-12-15-7-4-8-16(11-15)19-10-9-18-13-14-5-2-1-3-6-14/h1-8,11H,9-10,13H2. The number of benzene rings is 2. The zero-order valence-corrected chi connectivity index (χ0v) is 10.6. The smallest absolute Gasteiger partial charge is 0.120 e. The lowest BCUT2D eigenvalue weighted by molar-refractivity contribution is 0.0889. The first-order valence-corrected chi connectivity index (χ1v) is 6.13. The van der Waals surface area contributed by atoms with E-state index in [1.54, 1.807) is 18.2 Å². The Bertz CT molecular complexity index is 546. The number of hydrogen-bond acceptors (Lipinski definition) is 3. The third-order valence-corrected chi connectivity index (χ3v) is 2.57. The van der Waals surface area contributed by atoms with Crippen LogP contribution in [-0.4, -0.2) is 13.2 Å². The molecule has 3 nitrogen and oxygen atoms in total. The van der Waals surface area contributed by atoms with Gasteiger partial charge in [0.15, 0.2) is 0 Å². The molecule has 0 fully saturated rings. The summed E-state index contributed by atoms with van der Waals surface area (Å²) in [6, 6.07) is 19.2. The minimum Gasteiger partial charge on any atom is -0.491 e. The Morgan fingerprint density at radius 1 is 0.947 bits per heavy atom. The minimum absolute atomic E-state index is 0.474. The summed E-state index contributed by atoms with van der Waals surface area (Å²) in [5.41, 5.74) is 1.75. The van der Waals surface area contributed by atoms with Crippen LogP contribution in [0.1, 0.15) is 11.1 Å². The predicted octanol–water partition coefficient (Wildman–Crippen LogP) is 3.15. The van der Waals surface area contributed by atoms with Crippen molar-refractivity contribution in [2.24, 2.45) is 0 Å². The van der Waals surface area contributed by atoms with E-state index in [2.05, 4.69) is 6.07 Å². The largest absolute Gasteiger partial charge is 0.491 e. The van der Waals surface area contributed by atoms with Crippen molar-refractivity contribution in [1.29, 1.82) is 5.26 Å². The second-order valence-corrected chi connectivity index (χ2v) is 4.03. The highest BCUT2D eigenvalue weighted by Crippen LogP contribution is 2.12. The number of hydrogen-bond donors (Lipinski definition) is 0. The van der Waals surface area contributed by atoms with Crippen molar-refractivity contribution in [2.45, 2.75) is 6.61 Å². The summed E-state index contributed by atoms with van der Waals surface area (Å²) in [5.74, 6) is 0.697. The molecule has 2 rings (SSSR count). The van der Waals surface area contributed by atoms with E-state index in [0.717, 1.165) is 5.56 Å². The van der Waals surface area contributed by atoms with Crippen LogP contribution in [0, 0.1) is 11.3 Å². The topological polar surface area (TPSA) is 42.2 Å². The zero-order chi connectivity index (χ0) is 13.3. The monoisotopic (exact) mass is 253 g/mol. The van der Waals surface area contributed by atoms with Crippen LogP contribution in [-0.2, 0) is 11.3 Å². The molecule has 0 atom stereocenters. The Morgan fingerprint density at radius 3 is 2.58 bits per heavy atom. The lowest BCUT2D eigenvalue weighted by Crippen LogP contribution is -2.06. The van der Waals surface area contributed by atoms with E-state index in [1.807, 2.05) is 36.4 Å². The quantitative estimate of drug-likeness (QED) is 0.743. The van der Waals surface area contributed by atoms with Gasteiger partial charge in [0.05, 0.1) is 24.8 Å². The average Bonchev–Trinajstić information content (AvgIpc) is 2.48. The van der Waals surface area contributed by atoms with Crippen molar-refractivity contribution in [3.8, 4) is 11.8 Å². The van der Waals surface area contributed by atoms with Crippen LogP contribution in [0.5, 0.6) is 5.75 Å². The zero-order valence-electron chi connectivity index (χ0n) is 10.6. The van der Waals surface area contributed by atoms with Gasteiger partial charge in [-0.3, -0.25) is 0 Å². The van der Waals surface area contributed by atoms with Gasteiger partial charge >= 0.3 is 0 Å². The molecule has 0 aliphatic rings. The number of rotatable bonds is 6. The summed E-state index contributed by atoms with van der Waals surface area (Å²) >= 11 is 0. The van der Waals surface area contributed by atoms with E-state index >= 15 is 0 Å². The summed E-state index contributed by atoms with van der Waals surface area (Å²) in [5, 5.41) is 8.77. The van der Waals surface area contributed by atoms with Crippen molar-refractivity contribution in [1.82, 2.24) is 0 Å². The minimum atomic E-state index is 0.474. The maximum absolute atomic E-state index is 8.77. The van der Waals surface area contributed by atoms with Gasteiger partial charge in [0.2, 0.25) is 0 Å². The van der Waals surface area contributed by atoms with Crippen molar-refractivity contribution >= 4 is 0 Å². The van der Waals surface area contributed by atoms with Crippen LogP contribution in [0.2, 0.25) is 0 Å². The first-order valence-electron chi connectivity index (χ1n) is 6.13. The van der Waals surface area contributed by atoms with Crippen molar-refractivity contribution < 1.29 is 9.47 Å². The molecule has 0 bridgehead atoms. The van der Waals surface area contributed by atoms with Gasteiger partial charge in [0.1, 0.15) is 12.4 Å². The Balaban J connectivity index is 1.68. The highest BCUT2D eigenvalue weighted by Gasteiger charge is 1.96. The van der Waals surface area contributed by atoms with Crippen LogP contribution < -0.4 is 4.74 Å². The maximum Gasteiger partial charge on any atom is 0.120 e. The molecule has 96 valence electrons. The van der Waals surface area contributed by atoms with E-state index in [0.29, 0.717) is 31.1 Å². The Hall–Kier alpha value is -2.31. The van der Waals surface area contributed by atoms with Crippen LogP contribution in [0.25, 0.3) is 0 Å². The molecule has 19 heavy (non-hydrogen) atoms. The van der Waals surface area contributed by atoms with E-state index in [1.165, 1.54) is 0 Å². The fraction of sp³-hybridized carbons (Fsp3) is 0.188. The van der Waals surface area contributed by atoms with Crippen molar-refractivity contribution in [2.75, 3.05) is 13.2 Å². The summed E-state index contributed by atoms with van der Waals surface area (Å²) in [7, 11) is 0. The molecule has 0 aliphatic carbocycles. The second kappa shape index (κ2) is 7.20. The number of nitrogens with zero attached hydrogens (tertiary/aromatic N) is 1. The maximum atomic E-state index is 8.77. The van der Waals surface area contributed by atoms with Gasteiger partial charge in [-0.1, -0.05) is 36.4 Å². The molecule has 2 aromatic rings. The molecule has 0 unspecified atom stereocenters. The number of ether oxygens (including phenoxy) is 2. The Labute approximate surface area is 113 Å². The molecule has 0 heterocycles. The Morgan fingerprint density at radius 2 is 1.79 bits per heavy atom. The fourth-order valence-electron chi connectivity index (χ4n) is 1.64. The lowest BCUT2D eigenvalue weighted by Gasteiger charge is -2.07. The van der Waals surface area contributed by atoms with E-state index in [4.69, 9.17) is 14.7 Å². The summed E-state index contributed by atoms with van der Waals surface area (Å²) in [6.45, 7) is 1.58. The lowest BCUT2D eigenvalue weighted by atomic mass is 10.2. The SMILES string of the molecule is N#Cc1cccc(OCCOCc2ccccc2)c1. The molecule has 0 spiro atoms. The molecular weight excluding hydrogens is 238 g/mol. The molecule has 3 heteroatoms. The fourth-order valence-corrected chi connectivity index (χ4v) is 1.64. The molecule has 0 amide bonds. The van der Waals surface area contributed by atoms with E-state index in [9.17, 15) is 0 Å². The van der Waals surface area contributed by atoms with E-state index < -0.39 is 0 Å². The van der Waals surface area contributed by atoms with Crippen LogP contribution >= 0.6 is 0 Å². The van der Waals surface area contributed by atoms with Crippen molar-refractivity contribution in [3.63, 3.8) is 0 Å². The number of nitriles is 1. The molecule has 0 saturated carbocycles. The van der Waals surface area contributed by atoms with Crippen LogP contribution in [0.4, 0.5) is 0 Å². The highest BCUT2D eigenvalue weighted by atomic mass is 16.5. The van der Waals surface area contributed by atoms with E-state index in [-0.39, 0.29) is 0 Å². The average molecular weight is 253 g/mol. The summed E-state index contributed by atoms with van der Waals surface area (Å²) in [4.78, 5) is 0. The van der Waals surface area contributed by atoms with Gasteiger partial charge in [-0.2, -0.15) is 5.26 Å². The highest BCUT2D eigenvalue weighted by molar-refractivity contribution is 5.36. The molecule has 0 N–H and O–H groups in total. The normalized spacial score (nSPS) is 9.84. The third-order valence-electron chi connectivity index (χ3n) is 2.57. The van der Waals surface area contributed by atoms with Gasteiger partial charge in [-0.05, 0) is 23.8 Å². The first-order chi connectivity index (χ1) is 9.38. The molecule has 0 aromatic heterocycles. The van der Waals surface area contributed by atoms with Gasteiger partial charge in [-0.25, -0.2) is 0 Å². The molecule has 0 radical (unpaired) electrons. The summed E-state index contributed by atoms with van der Waals surface area (Å²) in [6.07, 6.45) is 0. The Kier molecular flexibility index (Phi) is 4.97.